The van der Waals surface area contributed by atoms with Crippen molar-refractivity contribution in [1.82, 2.24) is 0 Å². The first kappa shape index (κ1) is 35.3. The second-order valence-electron chi connectivity index (χ2n) is 12.1. The molecule has 0 fully saturated rings. The highest BCUT2D eigenvalue weighted by molar-refractivity contribution is 7.86. The summed E-state index contributed by atoms with van der Waals surface area (Å²) in [4.78, 5) is 13.1. The van der Waals surface area contributed by atoms with E-state index in [1.54, 1.807) is 6.07 Å². The van der Waals surface area contributed by atoms with E-state index < -0.39 is 37.4 Å². The zero-order chi connectivity index (χ0) is 33.9. The zero-order valence-electron chi connectivity index (χ0n) is 26.7. The Kier molecular flexibility index (Phi) is 10.5. The molecule has 10 nitrogen and oxygen atoms in total. The fourth-order valence-corrected chi connectivity index (χ4v) is 7.99. The maximum atomic E-state index is 12.0. The number of allylic oxidation sites excluding steroid dienone is 6. The van der Waals surface area contributed by atoms with Crippen molar-refractivity contribution in [2.75, 3.05) is 23.7 Å². The number of para-hydroxylation sites is 1. The first-order valence-corrected chi connectivity index (χ1v) is 18.5. The third-order valence-electron chi connectivity index (χ3n) is 9.16. The van der Waals surface area contributed by atoms with E-state index >= 15 is 0 Å². The van der Waals surface area contributed by atoms with Crippen LogP contribution < -0.4 is 4.90 Å². The summed E-state index contributed by atoms with van der Waals surface area (Å²) in [6.07, 6.45) is 11.5. The average Bonchev–Trinajstić information content (AvgIpc) is 3.35. The summed E-state index contributed by atoms with van der Waals surface area (Å²) < 4.78 is 68.4. The van der Waals surface area contributed by atoms with Gasteiger partial charge < -0.3 is 10.0 Å². The monoisotopic (exact) mass is 671 g/mol. The van der Waals surface area contributed by atoms with Gasteiger partial charge in [-0.25, -0.2) is 0 Å². The molecule has 2 atom stereocenters. The standard InChI is InChI=1S/C34H42N2O8S2/c1-5-35-28-15-11-10-14-26(28)33(3,21-12-18-32(37)38)30(35)16-8-7-9-17-31-34(4,22-13-23-45(39,40)41)27-24-25(46(42,43)44)19-20-29(27)36(31)6-2/h7-11,14-17,19-20,24H,5-6,12-13,18,21-23H2,1-4H3,(H2-,37,38,39,40,41,42,43,44)/p+1. The van der Waals surface area contributed by atoms with Gasteiger partial charge in [-0.2, -0.15) is 21.4 Å². The van der Waals surface area contributed by atoms with Gasteiger partial charge in [0.2, 0.25) is 5.69 Å². The molecule has 0 bridgehead atoms. The van der Waals surface area contributed by atoms with Crippen molar-refractivity contribution in [2.45, 2.75) is 75.5 Å². The molecular formula is C34H43N2O8S2+. The normalized spacial score (nSPS) is 22.4. The Labute approximate surface area is 272 Å². The maximum absolute atomic E-state index is 12.0. The molecule has 0 aliphatic carbocycles. The summed E-state index contributed by atoms with van der Waals surface area (Å²) in [7, 11) is -8.67. The fourth-order valence-electron chi connectivity index (χ4n) is 6.97. The number of fused-ring (bicyclic) bond motifs is 2. The Morgan fingerprint density at radius 2 is 1.61 bits per heavy atom. The number of carbonyl (C=O) groups is 1. The van der Waals surface area contributed by atoms with Gasteiger partial charge in [-0.3, -0.25) is 13.9 Å². The number of nitrogens with zero attached hydrogens (tertiary/aromatic N) is 2. The van der Waals surface area contributed by atoms with E-state index in [0.29, 0.717) is 31.4 Å². The number of hydrogen-bond donors (Lipinski definition) is 3. The van der Waals surface area contributed by atoms with Crippen molar-refractivity contribution in [3.8, 4) is 0 Å². The molecule has 2 heterocycles. The Hall–Kier alpha value is -3.58. The molecule has 2 unspecified atom stereocenters. The number of hydrogen-bond acceptors (Lipinski definition) is 6. The van der Waals surface area contributed by atoms with Crippen molar-refractivity contribution in [2.24, 2.45) is 0 Å². The molecule has 3 N–H and O–H groups in total. The van der Waals surface area contributed by atoms with E-state index in [9.17, 15) is 35.8 Å². The van der Waals surface area contributed by atoms with Gasteiger partial charge in [0.1, 0.15) is 6.54 Å². The molecule has 0 aromatic heterocycles. The van der Waals surface area contributed by atoms with Crippen molar-refractivity contribution in [3.63, 3.8) is 0 Å². The molecule has 12 heteroatoms. The Morgan fingerprint density at radius 1 is 0.913 bits per heavy atom. The molecule has 2 aliphatic heterocycles. The van der Waals surface area contributed by atoms with Gasteiger partial charge in [0.25, 0.3) is 20.2 Å². The molecule has 2 aliphatic rings. The molecule has 2 aromatic rings. The second-order valence-corrected chi connectivity index (χ2v) is 15.1. The topological polar surface area (TPSA) is 152 Å². The molecule has 248 valence electrons. The molecular weight excluding hydrogens is 629 g/mol. The van der Waals surface area contributed by atoms with Crippen LogP contribution in [0.15, 0.2) is 83.4 Å². The minimum Gasteiger partial charge on any atom is -0.481 e. The number of rotatable bonds is 14. The van der Waals surface area contributed by atoms with Crippen LogP contribution in [-0.2, 0) is 35.9 Å². The van der Waals surface area contributed by atoms with E-state index in [2.05, 4.69) is 36.6 Å². The molecule has 4 rings (SSSR count). The quantitative estimate of drug-likeness (QED) is 0.124. The van der Waals surface area contributed by atoms with E-state index in [1.165, 1.54) is 17.7 Å². The highest BCUT2D eigenvalue weighted by atomic mass is 32.2. The lowest BCUT2D eigenvalue weighted by atomic mass is 9.75. The molecule has 0 saturated carbocycles. The van der Waals surface area contributed by atoms with Gasteiger partial charge in [-0.1, -0.05) is 36.4 Å². The summed E-state index contributed by atoms with van der Waals surface area (Å²) in [6.45, 7) is 9.40. The highest BCUT2D eigenvalue weighted by Crippen LogP contribution is 2.51. The Bertz CT molecular complexity index is 1840. The number of anilines is 1. The first-order valence-electron chi connectivity index (χ1n) is 15.4. The van der Waals surface area contributed by atoms with Gasteiger partial charge in [0.05, 0.1) is 16.1 Å². The predicted molar refractivity (Wildman–Crippen MR) is 179 cm³/mol. The minimum atomic E-state index is -4.47. The maximum Gasteiger partial charge on any atom is 0.303 e. The van der Waals surface area contributed by atoms with E-state index in [1.807, 2.05) is 55.2 Å². The molecule has 2 aromatic carbocycles. The molecule has 0 spiro atoms. The van der Waals surface area contributed by atoms with Gasteiger partial charge in [-0.05, 0) is 83.2 Å². The van der Waals surface area contributed by atoms with Gasteiger partial charge >= 0.3 is 5.97 Å². The van der Waals surface area contributed by atoms with Gasteiger partial charge in [-0.15, -0.1) is 0 Å². The lowest BCUT2D eigenvalue weighted by Crippen LogP contribution is -2.31. The molecule has 0 saturated heterocycles. The number of benzene rings is 2. The summed E-state index contributed by atoms with van der Waals surface area (Å²) in [5.41, 5.74) is 4.41. The molecule has 0 amide bonds. The van der Waals surface area contributed by atoms with Crippen molar-refractivity contribution in [1.29, 1.82) is 0 Å². The van der Waals surface area contributed by atoms with Crippen LogP contribution in [0.5, 0.6) is 0 Å². The summed E-state index contributed by atoms with van der Waals surface area (Å²) in [5, 5.41) is 9.26. The van der Waals surface area contributed by atoms with Gasteiger partial charge in [0, 0.05) is 47.5 Å². The third kappa shape index (κ3) is 7.20. The van der Waals surface area contributed by atoms with Crippen LogP contribution in [0.4, 0.5) is 11.4 Å². The SMILES string of the molecule is CCN1\C(=C/C=C/C=C/C2=[N+](CC)c3ccccc3C2(C)CCCC(=O)O)C(C)(CCCS(=O)(=O)O)c2cc(S(=O)(=O)O)ccc21. The Morgan fingerprint density at radius 3 is 2.24 bits per heavy atom. The number of aliphatic carboxylic acids is 1. The van der Waals surface area contributed by atoms with Crippen LogP contribution in [0, 0.1) is 0 Å². The largest absolute Gasteiger partial charge is 0.481 e. The smallest absolute Gasteiger partial charge is 0.303 e. The van der Waals surface area contributed by atoms with Crippen LogP contribution in [0.3, 0.4) is 0 Å². The lowest BCUT2D eigenvalue weighted by molar-refractivity contribution is -0.433. The number of likely N-dealkylation sites (N-methyl/N-ethyl adjacent to an activating group) is 1. The lowest BCUT2D eigenvalue weighted by Gasteiger charge is -2.30. The number of carboxylic acid groups (broad SMARTS) is 1. The van der Waals surface area contributed by atoms with E-state index in [0.717, 1.165) is 29.3 Å². The van der Waals surface area contributed by atoms with Crippen molar-refractivity contribution >= 4 is 43.3 Å². The summed E-state index contributed by atoms with van der Waals surface area (Å²) in [5.74, 6) is -1.25. The van der Waals surface area contributed by atoms with Gasteiger partial charge in [0.15, 0.2) is 5.71 Å². The molecule has 46 heavy (non-hydrogen) atoms. The highest BCUT2D eigenvalue weighted by Gasteiger charge is 2.47. The average molecular weight is 672 g/mol. The fraction of sp³-hybridized carbons (Fsp3) is 0.412. The summed E-state index contributed by atoms with van der Waals surface area (Å²) in [6, 6.07) is 12.6. The van der Waals surface area contributed by atoms with Crippen LogP contribution in [0.2, 0.25) is 0 Å². The third-order valence-corrected chi connectivity index (χ3v) is 10.8. The first-order chi connectivity index (χ1) is 21.6. The second kappa shape index (κ2) is 13.6. The van der Waals surface area contributed by atoms with Crippen LogP contribution in [0.1, 0.15) is 70.9 Å². The molecule has 0 radical (unpaired) electrons. The van der Waals surface area contributed by atoms with E-state index in [-0.39, 0.29) is 23.2 Å². The van der Waals surface area contributed by atoms with Crippen molar-refractivity contribution in [3.05, 3.63) is 89.7 Å². The van der Waals surface area contributed by atoms with Crippen LogP contribution in [0.25, 0.3) is 0 Å². The van der Waals surface area contributed by atoms with E-state index in [4.69, 9.17) is 0 Å². The summed E-state index contributed by atoms with van der Waals surface area (Å²) >= 11 is 0. The van der Waals surface area contributed by atoms with Crippen molar-refractivity contribution < 1.29 is 40.4 Å². The predicted octanol–water partition coefficient (Wildman–Crippen LogP) is 6.03. The minimum absolute atomic E-state index is 0.0966. The Balaban J connectivity index is 1.71. The number of carboxylic acids is 1. The zero-order valence-corrected chi connectivity index (χ0v) is 28.3. The van der Waals surface area contributed by atoms with Crippen LogP contribution >= 0.6 is 0 Å². The van der Waals surface area contributed by atoms with Crippen LogP contribution in [-0.4, -0.2) is 66.1 Å².